The van der Waals surface area contributed by atoms with Crippen LogP contribution in [0.3, 0.4) is 0 Å². The van der Waals surface area contributed by atoms with Gasteiger partial charge in [0.25, 0.3) is 0 Å². The van der Waals surface area contributed by atoms with E-state index in [-0.39, 0.29) is 11.9 Å². The Morgan fingerprint density at radius 1 is 1.11 bits per heavy atom. The van der Waals surface area contributed by atoms with Crippen LogP contribution >= 0.6 is 0 Å². The van der Waals surface area contributed by atoms with Crippen molar-refractivity contribution in [1.82, 2.24) is 0 Å². The Morgan fingerprint density at radius 2 is 1.89 bits per heavy atom. The first-order valence-corrected chi connectivity index (χ1v) is 6.51. The van der Waals surface area contributed by atoms with Crippen molar-refractivity contribution < 1.29 is 9.53 Å². The molecule has 96 valence electrons. The number of rotatable bonds is 1. The third kappa shape index (κ3) is 2.14. The standard InChI is InChI=1S/C17H16O2/c1-11-7-8-12(2)14(9-11)17-10-15(18)13-5-3-4-6-16(13)19-17/h3-9,17H,10H2,1-2H3. The second-order valence-electron chi connectivity index (χ2n) is 5.09. The number of ketones is 1. The zero-order valence-electron chi connectivity index (χ0n) is 11.1. The molecular formula is C17H16O2. The maximum atomic E-state index is 12.2. The van der Waals surface area contributed by atoms with Crippen LogP contribution in [0, 0.1) is 13.8 Å². The Hall–Kier alpha value is -2.09. The van der Waals surface area contributed by atoms with E-state index in [1.165, 1.54) is 11.1 Å². The molecule has 2 aromatic rings. The van der Waals surface area contributed by atoms with Gasteiger partial charge in [0.15, 0.2) is 5.78 Å². The lowest BCUT2D eigenvalue weighted by Crippen LogP contribution is -2.21. The van der Waals surface area contributed by atoms with Crippen molar-refractivity contribution in [1.29, 1.82) is 0 Å². The van der Waals surface area contributed by atoms with E-state index in [9.17, 15) is 4.79 Å². The fourth-order valence-corrected chi connectivity index (χ4v) is 2.55. The average molecular weight is 252 g/mol. The molecule has 0 fully saturated rings. The van der Waals surface area contributed by atoms with Crippen LogP contribution in [-0.2, 0) is 0 Å². The molecule has 0 aromatic heterocycles. The summed E-state index contributed by atoms with van der Waals surface area (Å²) >= 11 is 0. The summed E-state index contributed by atoms with van der Waals surface area (Å²) < 4.78 is 6.00. The number of hydrogen-bond acceptors (Lipinski definition) is 2. The summed E-state index contributed by atoms with van der Waals surface area (Å²) in [5.41, 5.74) is 4.17. The lowest BCUT2D eigenvalue weighted by atomic mass is 9.93. The average Bonchev–Trinajstić information content (AvgIpc) is 2.41. The van der Waals surface area contributed by atoms with Crippen LogP contribution < -0.4 is 4.74 Å². The highest BCUT2D eigenvalue weighted by Crippen LogP contribution is 2.35. The zero-order valence-corrected chi connectivity index (χ0v) is 11.1. The van der Waals surface area contributed by atoms with Gasteiger partial charge < -0.3 is 4.74 Å². The van der Waals surface area contributed by atoms with Crippen LogP contribution in [0.15, 0.2) is 42.5 Å². The van der Waals surface area contributed by atoms with E-state index in [1.54, 1.807) is 0 Å². The Balaban J connectivity index is 2.01. The number of carbonyl (C=O) groups is 1. The normalized spacial score (nSPS) is 17.8. The van der Waals surface area contributed by atoms with Crippen LogP contribution in [-0.4, -0.2) is 5.78 Å². The summed E-state index contributed by atoms with van der Waals surface area (Å²) in [6.45, 7) is 4.12. The third-order valence-corrected chi connectivity index (χ3v) is 3.61. The quantitative estimate of drug-likeness (QED) is 0.766. The molecule has 0 saturated carbocycles. The van der Waals surface area contributed by atoms with Crippen LogP contribution in [0.5, 0.6) is 5.75 Å². The van der Waals surface area contributed by atoms with Crippen molar-refractivity contribution >= 4 is 5.78 Å². The van der Waals surface area contributed by atoms with Gasteiger partial charge >= 0.3 is 0 Å². The van der Waals surface area contributed by atoms with Gasteiger partial charge in [-0.1, -0.05) is 35.9 Å². The summed E-state index contributed by atoms with van der Waals surface area (Å²) in [7, 11) is 0. The van der Waals surface area contributed by atoms with E-state index >= 15 is 0 Å². The lowest BCUT2D eigenvalue weighted by molar-refractivity contribution is 0.0849. The molecular weight excluding hydrogens is 236 g/mol. The summed E-state index contributed by atoms with van der Waals surface area (Å²) in [6, 6.07) is 13.7. The molecule has 0 aliphatic carbocycles. The van der Waals surface area contributed by atoms with E-state index in [0.717, 1.165) is 5.56 Å². The monoisotopic (exact) mass is 252 g/mol. The summed E-state index contributed by atoms with van der Waals surface area (Å²) in [6.07, 6.45) is 0.253. The molecule has 19 heavy (non-hydrogen) atoms. The molecule has 0 saturated heterocycles. The number of aryl methyl sites for hydroxylation is 2. The fraction of sp³-hybridized carbons (Fsp3) is 0.235. The Kier molecular flexibility index (Phi) is 2.86. The van der Waals surface area contributed by atoms with Gasteiger partial charge in [0.2, 0.25) is 0 Å². The second-order valence-corrected chi connectivity index (χ2v) is 5.09. The van der Waals surface area contributed by atoms with Crippen LogP contribution in [0.2, 0.25) is 0 Å². The van der Waals surface area contributed by atoms with Crippen molar-refractivity contribution in [2.45, 2.75) is 26.4 Å². The lowest BCUT2D eigenvalue weighted by Gasteiger charge is -2.26. The van der Waals surface area contributed by atoms with Crippen molar-refractivity contribution in [2.75, 3.05) is 0 Å². The van der Waals surface area contributed by atoms with Gasteiger partial charge in [-0.2, -0.15) is 0 Å². The smallest absolute Gasteiger partial charge is 0.170 e. The molecule has 0 amide bonds. The SMILES string of the molecule is Cc1ccc(C)c(C2CC(=O)c3ccccc3O2)c1. The van der Waals surface area contributed by atoms with Crippen molar-refractivity contribution in [3.63, 3.8) is 0 Å². The summed E-state index contributed by atoms with van der Waals surface area (Å²) in [5.74, 6) is 0.859. The third-order valence-electron chi connectivity index (χ3n) is 3.61. The highest BCUT2D eigenvalue weighted by molar-refractivity contribution is 6.00. The maximum absolute atomic E-state index is 12.2. The molecule has 0 bridgehead atoms. The molecule has 1 atom stereocenters. The molecule has 1 aliphatic heterocycles. The van der Waals surface area contributed by atoms with Crippen LogP contribution in [0.1, 0.15) is 39.6 Å². The molecule has 2 aromatic carbocycles. The second kappa shape index (κ2) is 4.54. The van der Waals surface area contributed by atoms with Gasteiger partial charge in [-0.25, -0.2) is 0 Å². The van der Waals surface area contributed by atoms with Crippen LogP contribution in [0.25, 0.3) is 0 Å². The molecule has 1 aliphatic rings. The fourth-order valence-electron chi connectivity index (χ4n) is 2.55. The first-order valence-electron chi connectivity index (χ1n) is 6.51. The van der Waals surface area contributed by atoms with Gasteiger partial charge in [-0.15, -0.1) is 0 Å². The topological polar surface area (TPSA) is 26.3 Å². The van der Waals surface area contributed by atoms with Gasteiger partial charge in [0.1, 0.15) is 11.9 Å². The maximum Gasteiger partial charge on any atom is 0.170 e. The summed E-state index contributed by atoms with van der Waals surface area (Å²) in [5, 5.41) is 0. The number of para-hydroxylation sites is 1. The van der Waals surface area contributed by atoms with Crippen molar-refractivity contribution in [2.24, 2.45) is 0 Å². The number of hydrogen-bond donors (Lipinski definition) is 0. The molecule has 2 nitrogen and oxygen atoms in total. The van der Waals surface area contributed by atoms with E-state index in [0.29, 0.717) is 17.7 Å². The molecule has 0 radical (unpaired) electrons. The largest absolute Gasteiger partial charge is 0.484 e. The number of ether oxygens (including phenoxy) is 1. The predicted molar refractivity (Wildman–Crippen MR) is 74.7 cm³/mol. The van der Waals surface area contributed by atoms with Gasteiger partial charge in [-0.05, 0) is 37.1 Å². The van der Waals surface area contributed by atoms with Crippen LogP contribution in [0.4, 0.5) is 0 Å². The molecule has 0 N–H and O–H groups in total. The first kappa shape index (κ1) is 12.0. The molecule has 3 rings (SSSR count). The van der Waals surface area contributed by atoms with E-state index in [2.05, 4.69) is 32.0 Å². The number of fused-ring (bicyclic) bond motifs is 1. The van der Waals surface area contributed by atoms with E-state index in [1.807, 2.05) is 24.3 Å². The van der Waals surface area contributed by atoms with Gasteiger partial charge in [-0.3, -0.25) is 4.79 Å². The molecule has 0 spiro atoms. The Bertz CT molecular complexity index is 643. The number of benzene rings is 2. The highest BCUT2D eigenvalue weighted by atomic mass is 16.5. The Labute approximate surface area is 113 Å². The molecule has 1 heterocycles. The van der Waals surface area contributed by atoms with Crippen molar-refractivity contribution in [3.8, 4) is 5.75 Å². The van der Waals surface area contributed by atoms with Crippen molar-refractivity contribution in [3.05, 3.63) is 64.7 Å². The Morgan fingerprint density at radius 3 is 2.74 bits per heavy atom. The van der Waals surface area contributed by atoms with Gasteiger partial charge in [0.05, 0.1) is 12.0 Å². The minimum atomic E-state index is -0.165. The number of Topliss-reactive ketones (excluding diaryl/α,β-unsaturated/α-hetero) is 1. The van der Waals surface area contributed by atoms with Gasteiger partial charge in [0, 0.05) is 0 Å². The minimum absolute atomic E-state index is 0.160. The zero-order chi connectivity index (χ0) is 13.4. The number of carbonyl (C=O) groups excluding carboxylic acids is 1. The minimum Gasteiger partial charge on any atom is -0.484 e. The van der Waals surface area contributed by atoms with E-state index < -0.39 is 0 Å². The molecule has 1 unspecified atom stereocenters. The highest BCUT2D eigenvalue weighted by Gasteiger charge is 2.28. The van der Waals surface area contributed by atoms with E-state index in [4.69, 9.17) is 4.74 Å². The molecule has 2 heteroatoms. The first-order chi connectivity index (χ1) is 9.15. The predicted octanol–water partition coefficient (Wildman–Crippen LogP) is 4.01. The summed E-state index contributed by atoms with van der Waals surface area (Å²) in [4.78, 5) is 12.2.